The maximum atomic E-state index is 12.2. The standard InChI is InChI=1S/C16H24F3N3O2/c17-16(18,19)11-21-14(23)13-7-4-8-22(10-13)15(24)20-9-12-5-2-1-3-6-12/h1-2,12-13H,3-11H2,(H,20,24)(H,21,23)/t12-,13-/m0/s1. The molecule has 0 saturated carbocycles. The summed E-state index contributed by atoms with van der Waals surface area (Å²) >= 11 is 0. The average Bonchev–Trinajstić information content (AvgIpc) is 2.58. The highest BCUT2D eigenvalue weighted by molar-refractivity contribution is 5.80. The second kappa shape index (κ2) is 8.39. The van der Waals surface area contributed by atoms with E-state index in [1.807, 2.05) is 5.32 Å². The molecule has 0 unspecified atom stereocenters. The normalized spacial score (nSPS) is 24.5. The monoisotopic (exact) mass is 347 g/mol. The Hall–Kier alpha value is -1.73. The second-order valence-electron chi connectivity index (χ2n) is 6.45. The number of likely N-dealkylation sites (tertiary alicyclic amines) is 1. The van der Waals surface area contributed by atoms with Gasteiger partial charge in [-0.3, -0.25) is 4.79 Å². The van der Waals surface area contributed by atoms with Crippen LogP contribution in [-0.4, -0.2) is 49.2 Å². The van der Waals surface area contributed by atoms with Crippen LogP contribution in [-0.2, 0) is 4.79 Å². The van der Waals surface area contributed by atoms with Crippen molar-refractivity contribution in [2.75, 3.05) is 26.2 Å². The first kappa shape index (κ1) is 18.6. The summed E-state index contributed by atoms with van der Waals surface area (Å²) in [7, 11) is 0. The molecule has 2 aliphatic rings. The molecule has 1 aliphatic heterocycles. The molecule has 0 aromatic heterocycles. The summed E-state index contributed by atoms with van der Waals surface area (Å²) < 4.78 is 36.5. The minimum Gasteiger partial charge on any atom is -0.347 e. The number of halogens is 3. The van der Waals surface area contributed by atoms with Crippen molar-refractivity contribution in [2.45, 2.75) is 38.3 Å². The molecule has 8 heteroatoms. The predicted molar refractivity (Wildman–Crippen MR) is 83.2 cm³/mol. The Labute approximate surface area is 139 Å². The van der Waals surface area contributed by atoms with Gasteiger partial charge in [0.05, 0.1) is 5.92 Å². The fourth-order valence-corrected chi connectivity index (χ4v) is 3.09. The molecule has 136 valence electrons. The molecule has 1 saturated heterocycles. The van der Waals surface area contributed by atoms with Crippen LogP contribution in [0.15, 0.2) is 12.2 Å². The highest BCUT2D eigenvalue weighted by Gasteiger charge is 2.32. The van der Waals surface area contributed by atoms with Gasteiger partial charge >= 0.3 is 12.2 Å². The third-order valence-electron chi connectivity index (χ3n) is 4.46. The SMILES string of the molecule is O=C(NCC(F)(F)F)[C@H]1CCCN(C(=O)NC[C@H]2CC=CCC2)C1. The fourth-order valence-electron chi connectivity index (χ4n) is 3.09. The Morgan fingerprint density at radius 2 is 1.96 bits per heavy atom. The summed E-state index contributed by atoms with van der Waals surface area (Å²) in [5, 5.41) is 4.78. The first-order valence-electron chi connectivity index (χ1n) is 8.37. The van der Waals surface area contributed by atoms with Crippen molar-refractivity contribution in [3.8, 4) is 0 Å². The number of alkyl halides is 3. The molecule has 24 heavy (non-hydrogen) atoms. The molecule has 5 nitrogen and oxygen atoms in total. The molecule has 0 spiro atoms. The minimum absolute atomic E-state index is 0.167. The van der Waals surface area contributed by atoms with E-state index in [0.717, 1.165) is 19.3 Å². The summed E-state index contributed by atoms with van der Waals surface area (Å²) in [4.78, 5) is 25.6. The summed E-state index contributed by atoms with van der Waals surface area (Å²) in [6, 6.07) is -0.238. The van der Waals surface area contributed by atoms with Crippen LogP contribution >= 0.6 is 0 Å². The van der Waals surface area contributed by atoms with Gasteiger partial charge < -0.3 is 15.5 Å². The fraction of sp³-hybridized carbons (Fsp3) is 0.750. The number of nitrogens with zero attached hydrogens (tertiary/aromatic N) is 1. The van der Waals surface area contributed by atoms with Crippen LogP contribution in [0.25, 0.3) is 0 Å². The average molecular weight is 347 g/mol. The molecule has 2 atom stereocenters. The van der Waals surface area contributed by atoms with E-state index >= 15 is 0 Å². The van der Waals surface area contributed by atoms with E-state index in [1.165, 1.54) is 4.90 Å². The number of nitrogens with one attached hydrogen (secondary N) is 2. The summed E-state index contributed by atoms with van der Waals surface area (Å²) in [5.41, 5.74) is 0. The van der Waals surface area contributed by atoms with Gasteiger partial charge in [-0.05, 0) is 38.0 Å². The molecule has 1 fully saturated rings. The maximum absolute atomic E-state index is 12.2. The summed E-state index contributed by atoms with van der Waals surface area (Å²) in [5.74, 6) is -0.790. The Bertz CT molecular complexity index is 480. The van der Waals surface area contributed by atoms with Gasteiger partial charge in [0, 0.05) is 19.6 Å². The smallest absolute Gasteiger partial charge is 0.347 e. The van der Waals surface area contributed by atoms with E-state index < -0.39 is 24.5 Å². The van der Waals surface area contributed by atoms with Gasteiger partial charge in [-0.15, -0.1) is 0 Å². The third kappa shape index (κ3) is 6.05. The Morgan fingerprint density at radius 1 is 1.17 bits per heavy atom. The highest BCUT2D eigenvalue weighted by atomic mass is 19.4. The zero-order valence-electron chi connectivity index (χ0n) is 13.6. The molecule has 1 heterocycles. The Kier molecular flexibility index (Phi) is 6.51. The first-order chi connectivity index (χ1) is 11.3. The number of hydrogen-bond donors (Lipinski definition) is 2. The molecular formula is C16H24F3N3O2. The number of piperidine rings is 1. The van der Waals surface area contributed by atoms with Gasteiger partial charge in [-0.25, -0.2) is 4.79 Å². The van der Waals surface area contributed by atoms with E-state index in [1.54, 1.807) is 0 Å². The van der Waals surface area contributed by atoms with Gasteiger partial charge in [0.1, 0.15) is 6.54 Å². The zero-order valence-corrected chi connectivity index (χ0v) is 13.6. The van der Waals surface area contributed by atoms with Crippen molar-refractivity contribution in [1.82, 2.24) is 15.5 Å². The third-order valence-corrected chi connectivity index (χ3v) is 4.46. The van der Waals surface area contributed by atoms with Crippen LogP contribution in [0.2, 0.25) is 0 Å². The molecule has 0 bridgehead atoms. The summed E-state index contributed by atoms with van der Waals surface area (Å²) in [6.07, 6.45) is 3.95. The number of urea groups is 1. The van der Waals surface area contributed by atoms with Crippen LogP contribution in [0.5, 0.6) is 0 Å². The summed E-state index contributed by atoms with van der Waals surface area (Å²) in [6.45, 7) is -0.0477. The first-order valence-corrected chi connectivity index (χ1v) is 8.37. The lowest BCUT2D eigenvalue weighted by Crippen LogP contribution is -2.50. The quantitative estimate of drug-likeness (QED) is 0.768. The lowest BCUT2D eigenvalue weighted by Gasteiger charge is -2.32. The van der Waals surface area contributed by atoms with Gasteiger partial charge in [0.25, 0.3) is 0 Å². The molecular weight excluding hydrogens is 323 g/mol. The van der Waals surface area contributed by atoms with Gasteiger partial charge in [0.2, 0.25) is 5.91 Å². The number of allylic oxidation sites excluding steroid dienone is 2. The molecule has 0 aromatic rings. The number of carbonyl (C=O) groups excluding carboxylic acids is 2. The lowest BCUT2D eigenvalue weighted by molar-refractivity contribution is -0.141. The van der Waals surface area contributed by atoms with Crippen molar-refractivity contribution in [3.05, 3.63) is 12.2 Å². The second-order valence-corrected chi connectivity index (χ2v) is 6.45. The van der Waals surface area contributed by atoms with Crippen molar-refractivity contribution < 1.29 is 22.8 Å². The maximum Gasteiger partial charge on any atom is 0.405 e. The zero-order chi connectivity index (χ0) is 17.6. The lowest BCUT2D eigenvalue weighted by atomic mass is 9.94. The highest BCUT2D eigenvalue weighted by Crippen LogP contribution is 2.19. The van der Waals surface area contributed by atoms with E-state index in [9.17, 15) is 22.8 Å². The molecule has 2 N–H and O–H groups in total. The largest absolute Gasteiger partial charge is 0.405 e. The molecule has 1 aliphatic carbocycles. The van der Waals surface area contributed by atoms with Crippen molar-refractivity contribution in [1.29, 1.82) is 0 Å². The molecule has 0 aromatic carbocycles. The predicted octanol–water partition coefficient (Wildman–Crippen LogP) is 2.44. The van der Waals surface area contributed by atoms with E-state index in [-0.39, 0.29) is 12.6 Å². The number of carbonyl (C=O) groups is 2. The van der Waals surface area contributed by atoms with Gasteiger partial charge in [-0.1, -0.05) is 12.2 Å². The van der Waals surface area contributed by atoms with E-state index in [4.69, 9.17) is 0 Å². The van der Waals surface area contributed by atoms with Crippen molar-refractivity contribution in [3.63, 3.8) is 0 Å². The van der Waals surface area contributed by atoms with Crippen LogP contribution in [0, 0.1) is 11.8 Å². The van der Waals surface area contributed by atoms with Crippen molar-refractivity contribution in [2.24, 2.45) is 11.8 Å². The van der Waals surface area contributed by atoms with Gasteiger partial charge in [-0.2, -0.15) is 13.2 Å². The van der Waals surface area contributed by atoms with E-state index in [2.05, 4.69) is 17.5 Å². The van der Waals surface area contributed by atoms with Crippen LogP contribution < -0.4 is 10.6 Å². The number of hydrogen-bond acceptors (Lipinski definition) is 2. The molecule has 0 radical (unpaired) electrons. The van der Waals surface area contributed by atoms with Crippen LogP contribution in [0.3, 0.4) is 0 Å². The van der Waals surface area contributed by atoms with Crippen LogP contribution in [0.1, 0.15) is 32.1 Å². The topological polar surface area (TPSA) is 61.4 Å². The minimum atomic E-state index is -4.42. The Morgan fingerprint density at radius 3 is 2.62 bits per heavy atom. The molecule has 2 rings (SSSR count). The number of amides is 3. The van der Waals surface area contributed by atoms with Crippen molar-refractivity contribution >= 4 is 11.9 Å². The van der Waals surface area contributed by atoms with Crippen LogP contribution in [0.4, 0.5) is 18.0 Å². The van der Waals surface area contributed by atoms with Gasteiger partial charge in [0.15, 0.2) is 0 Å². The Balaban J connectivity index is 1.75. The number of rotatable bonds is 4. The van der Waals surface area contributed by atoms with E-state index in [0.29, 0.717) is 31.8 Å². The molecule has 3 amide bonds.